The highest BCUT2D eigenvalue weighted by Gasteiger charge is 2.43. The van der Waals surface area contributed by atoms with Crippen molar-refractivity contribution < 1.29 is 23.8 Å². The van der Waals surface area contributed by atoms with E-state index in [4.69, 9.17) is 4.74 Å². The molecule has 1 aliphatic rings. The maximum atomic E-state index is 12.8. The molecular weight excluding hydrogens is 329 g/mol. The van der Waals surface area contributed by atoms with Crippen molar-refractivity contribution in [2.75, 3.05) is 19.7 Å². The summed E-state index contributed by atoms with van der Waals surface area (Å²) < 4.78 is 19.8. The first-order chi connectivity index (χ1) is 12.0. The number of rotatable bonds is 5. The molecule has 0 unspecified atom stereocenters. The lowest BCUT2D eigenvalue weighted by Gasteiger charge is -2.39. The number of aliphatic carboxylic acids is 1. The van der Waals surface area contributed by atoms with Crippen LogP contribution < -0.4 is 4.74 Å². The SMILES string of the molecule is O=C(COc1ccc(F)cc1)N1CCC(C(=O)O)(n2ccnc2)CC1. The van der Waals surface area contributed by atoms with Crippen molar-refractivity contribution in [2.45, 2.75) is 18.4 Å². The van der Waals surface area contributed by atoms with Crippen molar-refractivity contribution in [3.63, 3.8) is 0 Å². The van der Waals surface area contributed by atoms with Crippen LogP contribution in [0.4, 0.5) is 4.39 Å². The Hall–Kier alpha value is -2.90. The normalized spacial score (nSPS) is 16.4. The van der Waals surface area contributed by atoms with E-state index in [1.54, 1.807) is 21.9 Å². The van der Waals surface area contributed by atoms with Gasteiger partial charge in [0.25, 0.3) is 5.91 Å². The van der Waals surface area contributed by atoms with Crippen molar-refractivity contribution >= 4 is 11.9 Å². The minimum Gasteiger partial charge on any atom is -0.484 e. The van der Waals surface area contributed by atoms with E-state index in [1.807, 2.05) is 0 Å². The van der Waals surface area contributed by atoms with Crippen LogP contribution in [-0.4, -0.2) is 51.1 Å². The highest BCUT2D eigenvalue weighted by molar-refractivity contribution is 5.80. The Morgan fingerprint density at radius 1 is 1.24 bits per heavy atom. The minimum atomic E-state index is -1.08. The molecule has 25 heavy (non-hydrogen) atoms. The zero-order chi connectivity index (χ0) is 17.9. The van der Waals surface area contributed by atoms with Gasteiger partial charge in [-0.15, -0.1) is 0 Å². The predicted molar refractivity (Wildman–Crippen MR) is 85.5 cm³/mol. The van der Waals surface area contributed by atoms with E-state index < -0.39 is 11.5 Å². The second kappa shape index (κ2) is 6.92. The standard InChI is InChI=1S/C17H18FN3O4/c18-13-1-3-14(4-2-13)25-11-15(22)20-8-5-17(6-9-20,16(23)24)21-10-7-19-12-21/h1-4,7,10,12H,5-6,8-9,11H2,(H,23,24). The van der Waals surface area contributed by atoms with Gasteiger partial charge in [0.2, 0.25) is 0 Å². The number of hydrogen-bond acceptors (Lipinski definition) is 4. The number of carboxylic acids is 1. The summed E-state index contributed by atoms with van der Waals surface area (Å²) in [5.74, 6) is -1.13. The monoisotopic (exact) mass is 347 g/mol. The van der Waals surface area contributed by atoms with E-state index >= 15 is 0 Å². The van der Waals surface area contributed by atoms with Gasteiger partial charge in [0.15, 0.2) is 6.61 Å². The summed E-state index contributed by atoms with van der Waals surface area (Å²) in [7, 11) is 0. The number of nitrogens with zero attached hydrogens (tertiary/aromatic N) is 3. The fourth-order valence-corrected chi connectivity index (χ4v) is 2.99. The first kappa shape index (κ1) is 16.9. The molecule has 1 saturated heterocycles. The minimum absolute atomic E-state index is 0.170. The zero-order valence-electron chi connectivity index (χ0n) is 13.5. The van der Waals surface area contributed by atoms with E-state index in [1.165, 1.54) is 30.6 Å². The van der Waals surface area contributed by atoms with E-state index in [0.717, 1.165) is 0 Å². The highest BCUT2D eigenvalue weighted by Crippen LogP contribution is 2.30. The molecule has 0 atom stereocenters. The molecular formula is C17H18FN3O4. The maximum Gasteiger partial charge on any atom is 0.330 e. The molecule has 2 heterocycles. The van der Waals surface area contributed by atoms with Gasteiger partial charge in [0, 0.05) is 25.5 Å². The average Bonchev–Trinajstić information content (AvgIpc) is 3.16. The van der Waals surface area contributed by atoms with Crippen LogP contribution in [-0.2, 0) is 15.1 Å². The van der Waals surface area contributed by atoms with Crippen molar-refractivity contribution in [3.05, 3.63) is 48.8 Å². The van der Waals surface area contributed by atoms with Gasteiger partial charge >= 0.3 is 5.97 Å². The van der Waals surface area contributed by atoms with Gasteiger partial charge in [0.05, 0.1) is 6.33 Å². The summed E-state index contributed by atoms with van der Waals surface area (Å²) in [6, 6.07) is 5.42. The molecule has 1 amide bonds. The van der Waals surface area contributed by atoms with Crippen LogP contribution in [0.25, 0.3) is 0 Å². The number of ether oxygens (including phenoxy) is 1. The number of carbonyl (C=O) groups excluding carboxylic acids is 1. The van der Waals surface area contributed by atoms with Gasteiger partial charge in [-0.1, -0.05) is 0 Å². The number of amides is 1. The summed E-state index contributed by atoms with van der Waals surface area (Å²) in [6.45, 7) is 0.461. The Morgan fingerprint density at radius 2 is 1.92 bits per heavy atom. The zero-order valence-corrected chi connectivity index (χ0v) is 13.5. The van der Waals surface area contributed by atoms with Crippen molar-refractivity contribution in [1.82, 2.24) is 14.5 Å². The summed E-state index contributed by atoms with van der Waals surface area (Å²) in [5, 5.41) is 9.65. The quantitative estimate of drug-likeness (QED) is 0.886. The van der Waals surface area contributed by atoms with Crippen LogP contribution in [0.15, 0.2) is 43.0 Å². The lowest BCUT2D eigenvalue weighted by molar-refractivity contribution is -0.153. The fourth-order valence-electron chi connectivity index (χ4n) is 2.99. The number of halogens is 1. The molecule has 2 aromatic rings. The Bertz CT molecular complexity index is 738. The summed E-state index contributed by atoms with van der Waals surface area (Å²) in [4.78, 5) is 29.6. The van der Waals surface area contributed by atoms with Gasteiger partial charge in [0.1, 0.15) is 17.1 Å². The number of aromatic nitrogens is 2. The predicted octanol–water partition coefficient (Wildman–Crippen LogP) is 1.50. The number of carbonyl (C=O) groups is 2. The van der Waals surface area contributed by atoms with Gasteiger partial charge in [-0.05, 0) is 37.1 Å². The van der Waals surface area contributed by atoms with E-state index in [2.05, 4.69) is 4.98 Å². The van der Waals surface area contributed by atoms with Crippen LogP contribution in [0, 0.1) is 5.82 Å². The molecule has 0 spiro atoms. The van der Waals surface area contributed by atoms with Gasteiger partial charge < -0.3 is 19.3 Å². The molecule has 1 fully saturated rings. The number of likely N-dealkylation sites (tertiary alicyclic amines) is 1. The van der Waals surface area contributed by atoms with Crippen molar-refractivity contribution in [3.8, 4) is 5.75 Å². The smallest absolute Gasteiger partial charge is 0.330 e. The Labute approximate surface area is 143 Å². The molecule has 0 aliphatic carbocycles. The number of piperidine rings is 1. The van der Waals surface area contributed by atoms with E-state index in [0.29, 0.717) is 31.7 Å². The average molecular weight is 347 g/mol. The Kier molecular flexibility index (Phi) is 4.69. The second-order valence-corrected chi connectivity index (χ2v) is 5.93. The fraction of sp³-hybridized carbons (Fsp3) is 0.353. The van der Waals surface area contributed by atoms with Crippen LogP contribution in [0.1, 0.15) is 12.8 Å². The molecule has 1 aromatic heterocycles. The van der Waals surface area contributed by atoms with Crippen molar-refractivity contribution in [2.24, 2.45) is 0 Å². The molecule has 1 aromatic carbocycles. The summed E-state index contributed by atoms with van der Waals surface area (Å²) in [6.07, 6.45) is 5.24. The topological polar surface area (TPSA) is 84.7 Å². The largest absolute Gasteiger partial charge is 0.484 e. The maximum absolute atomic E-state index is 12.8. The lowest BCUT2D eigenvalue weighted by Crippen LogP contribution is -2.52. The van der Waals surface area contributed by atoms with Crippen LogP contribution in [0.5, 0.6) is 5.75 Å². The van der Waals surface area contributed by atoms with E-state index in [9.17, 15) is 19.1 Å². The van der Waals surface area contributed by atoms with E-state index in [-0.39, 0.29) is 18.3 Å². The molecule has 0 saturated carbocycles. The first-order valence-corrected chi connectivity index (χ1v) is 7.89. The number of hydrogen-bond donors (Lipinski definition) is 1. The lowest BCUT2D eigenvalue weighted by atomic mass is 9.87. The summed E-state index contributed by atoms with van der Waals surface area (Å²) >= 11 is 0. The molecule has 0 radical (unpaired) electrons. The molecule has 7 nitrogen and oxygen atoms in total. The molecule has 1 N–H and O–H groups in total. The second-order valence-electron chi connectivity index (χ2n) is 5.93. The van der Waals surface area contributed by atoms with Gasteiger partial charge in [-0.2, -0.15) is 0 Å². The van der Waals surface area contributed by atoms with Gasteiger partial charge in [-0.3, -0.25) is 4.79 Å². The molecule has 3 rings (SSSR count). The highest BCUT2D eigenvalue weighted by atomic mass is 19.1. The Morgan fingerprint density at radius 3 is 2.48 bits per heavy atom. The number of carboxylic acid groups (broad SMARTS) is 1. The molecule has 132 valence electrons. The third-order valence-corrected chi connectivity index (χ3v) is 4.52. The van der Waals surface area contributed by atoms with Gasteiger partial charge in [-0.25, -0.2) is 14.2 Å². The third kappa shape index (κ3) is 3.47. The summed E-state index contributed by atoms with van der Waals surface area (Å²) in [5.41, 5.74) is -1.08. The van der Waals surface area contributed by atoms with Crippen LogP contribution in [0.3, 0.4) is 0 Å². The van der Waals surface area contributed by atoms with Crippen LogP contribution in [0.2, 0.25) is 0 Å². The number of benzene rings is 1. The molecule has 1 aliphatic heterocycles. The third-order valence-electron chi connectivity index (χ3n) is 4.52. The molecule has 0 bridgehead atoms. The number of imidazole rings is 1. The first-order valence-electron chi connectivity index (χ1n) is 7.89. The Balaban J connectivity index is 1.58. The van der Waals surface area contributed by atoms with Crippen LogP contribution >= 0.6 is 0 Å². The van der Waals surface area contributed by atoms with Crippen molar-refractivity contribution in [1.29, 1.82) is 0 Å². The molecule has 8 heteroatoms.